The molecular formula is C13H19NO3S. The van der Waals surface area contributed by atoms with Gasteiger partial charge >= 0.3 is 5.97 Å². The zero-order chi connectivity index (χ0) is 13.9. The van der Waals surface area contributed by atoms with Gasteiger partial charge < -0.3 is 9.67 Å². The van der Waals surface area contributed by atoms with Gasteiger partial charge in [-0.05, 0) is 37.3 Å². The summed E-state index contributed by atoms with van der Waals surface area (Å²) in [5.74, 6) is 0.305. The molecule has 0 aliphatic heterocycles. The van der Waals surface area contributed by atoms with E-state index in [4.69, 9.17) is 0 Å². The van der Waals surface area contributed by atoms with Crippen molar-refractivity contribution in [3.05, 3.63) is 33.2 Å². The number of pyridine rings is 1. The van der Waals surface area contributed by atoms with E-state index in [0.717, 1.165) is 5.75 Å². The van der Waals surface area contributed by atoms with E-state index in [-0.39, 0.29) is 11.1 Å². The predicted molar refractivity (Wildman–Crippen MR) is 74.7 cm³/mol. The molecule has 5 heteroatoms. The monoisotopic (exact) mass is 269 g/mol. The summed E-state index contributed by atoms with van der Waals surface area (Å²) in [6.07, 6.45) is 2.02. The van der Waals surface area contributed by atoms with Crippen LogP contribution in [0, 0.1) is 19.8 Å². The van der Waals surface area contributed by atoms with Crippen LogP contribution in [0.1, 0.15) is 28.5 Å². The Morgan fingerprint density at radius 3 is 2.61 bits per heavy atom. The number of hydrogen-bond donors (Lipinski definition) is 1. The molecule has 0 aliphatic carbocycles. The molecule has 0 aliphatic rings. The van der Waals surface area contributed by atoms with Crippen LogP contribution in [-0.2, 0) is 6.54 Å². The van der Waals surface area contributed by atoms with Crippen LogP contribution < -0.4 is 5.56 Å². The van der Waals surface area contributed by atoms with Gasteiger partial charge in [0.2, 0.25) is 0 Å². The first-order chi connectivity index (χ1) is 8.38. The van der Waals surface area contributed by atoms with E-state index in [9.17, 15) is 14.7 Å². The van der Waals surface area contributed by atoms with Gasteiger partial charge in [0, 0.05) is 18.3 Å². The van der Waals surface area contributed by atoms with Crippen LogP contribution in [0.15, 0.2) is 10.9 Å². The molecule has 18 heavy (non-hydrogen) atoms. The topological polar surface area (TPSA) is 59.3 Å². The van der Waals surface area contributed by atoms with Gasteiger partial charge in [0.05, 0.1) is 5.56 Å². The fourth-order valence-electron chi connectivity index (χ4n) is 2.12. The van der Waals surface area contributed by atoms with E-state index in [1.807, 2.05) is 6.26 Å². The highest BCUT2D eigenvalue weighted by Crippen LogP contribution is 2.14. The summed E-state index contributed by atoms with van der Waals surface area (Å²) in [4.78, 5) is 23.1. The Morgan fingerprint density at radius 1 is 1.50 bits per heavy atom. The summed E-state index contributed by atoms with van der Waals surface area (Å²) in [6.45, 7) is 5.98. The second-order valence-corrected chi connectivity index (χ2v) is 5.51. The highest BCUT2D eigenvalue weighted by molar-refractivity contribution is 7.98. The molecule has 0 saturated heterocycles. The quantitative estimate of drug-likeness (QED) is 0.890. The molecule has 0 spiro atoms. The maximum atomic E-state index is 11.9. The molecule has 0 fully saturated rings. The lowest BCUT2D eigenvalue weighted by molar-refractivity contribution is 0.0694. The van der Waals surface area contributed by atoms with Gasteiger partial charge in [-0.25, -0.2) is 4.79 Å². The Morgan fingerprint density at radius 2 is 2.11 bits per heavy atom. The van der Waals surface area contributed by atoms with Crippen molar-refractivity contribution in [1.29, 1.82) is 0 Å². The number of thioether (sulfide) groups is 1. The van der Waals surface area contributed by atoms with Crippen molar-refractivity contribution in [1.82, 2.24) is 4.57 Å². The SMILES string of the molecule is CSCC(C)Cn1c(C)c(C(=O)O)c(C)cc1=O. The van der Waals surface area contributed by atoms with Crippen molar-refractivity contribution < 1.29 is 9.90 Å². The highest BCUT2D eigenvalue weighted by Gasteiger charge is 2.16. The van der Waals surface area contributed by atoms with Crippen molar-refractivity contribution in [2.75, 3.05) is 12.0 Å². The number of nitrogens with zero attached hydrogens (tertiary/aromatic N) is 1. The Hall–Kier alpha value is -1.23. The van der Waals surface area contributed by atoms with Gasteiger partial charge in [0.15, 0.2) is 0 Å². The number of hydrogen-bond acceptors (Lipinski definition) is 3. The standard InChI is InChI=1S/C13H19NO3S/c1-8(7-18-4)6-14-10(3)12(13(16)17)9(2)5-11(14)15/h5,8H,6-7H2,1-4H3,(H,16,17). The fraction of sp³-hybridized carbons (Fsp3) is 0.538. The molecule has 1 N–H and O–H groups in total. The zero-order valence-electron chi connectivity index (χ0n) is 11.2. The van der Waals surface area contributed by atoms with Crippen LogP contribution in [0.2, 0.25) is 0 Å². The van der Waals surface area contributed by atoms with E-state index < -0.39 is 5.97 Å². The lowest BCUT2D eigenvalue weighted by Gasteiger charge is -2.17. The lowest BCUT2D eigenvalue weighted by Crippen LogP contribution is -2.28. The Kier molecular flexibility index (Phi) is 5.02. The number of aromatic nitrogens is 1. The smallest absolute Gasteiger partial charge is 0.337 e. The molecule has 0 bridgehead atoms. The van der Waals surface area contributed by atoms with Crippen molar-refractivity contribution in [3.63, 3.8) is 0 Å². The van der Waals surface area contributed by atoms with Crippen molar-refractivity contribution in [2.45, 2.75) is 27.3 Å². The molecule has 100 valence electrons. The van der Waals surface area contributed by atoms with Gasteiger partial charge in [0.1, 0.15) is 0 Å². The molecule has 1 unspecified atom stereocenters. The van der Waals surface area contributed by atoms with Gasteiger partial charge in [0.25, 0.3) is 5.56 Å². The van der Waals surface area contributed by atoms with E-state index >= 15 is 0 Å². The summed E-state index contributed by atoms with van der Waals surface area (Å²) in [6, 6.07) is 1.41. The minimum Gasteiger partial charge on any atom is -0.478 e. The number of carboxylic acids is 1. The summed E-state index contributed by atoms with van der Waals surface area (Å²) in [7, 11) is 0. The first-order valence-electron chi connectivity index (χ1n) is 5.81. The average Bonchev–Trinajstić information content (AvgIpc) is 2.23. The normalized spacial score (nSPS) is 12.4. The molecule has 0 amide bonds. The molecule has 0 aromatic carbocycles. The molecule has 1 aromatic heterocycles. The maximum Gasteiger partial charge on any atom is 0.337 e. The zero-order valence-corrected chi connectivity index (χ0v) is 12.0. The number of rotatable bonds is 5. The van der Waals surface area contributed by atoms with Gasteiger partial charge in [-0.1, -0.05) is 6.92 Å². The average molecular weight is 269 g/mol. The van der Waals surface area contributed by atoms with E-state index in [0.29, 0.717) is 23.7 Å². The third-order valence-corrected chi connectivity index (χ3v) is 3.83. The minimum atomic E-state index is -0.976. The number of aromatic carboxylic acids is 1. The molecule has 1 heterocycles. The maximum absolute atomic E-state index is 11.9. The third kappa shape index (κ3) is 3.16. The van der Waals surface area contributed by atoms with E-state index in [2.05, 4.69) is 6.92 Å². The largest absolute Gasteiger partial charge is 0.478 e. The molecule has 0 saturated carbocycles. The van der Waals surface area contributed by atoms with Gasteiger partial charge in [-0.15, -0.1) is 0 Å². The number of carbonyl (C=O) groups is 1. The molecule has 0 radical (unpaired) electrons. The van der Waals surface area contributed by atoms with Crippen molar-refractivity contribution in [2.24, 2.45) is 5.92 Å². The van der Waals surface area contributed by atoms with Gasteiger partial charge in [-0.3, -0.25) is 4.79 Å². The van der Waals surface area contributed by atoms with Crippen molar-refractivity contribution >= 4 is 17.7 Å². The van der Waals surface area contributed by atoms with Crippen LogP contribution in [0.4, 0.5) is 0 Å². The second-order valence-electron chi connectivity index (χ2n) is 4.60. The summed E-state index contributed by atoms with van der Waals surface area (Å²) < 4.78 is 1.57. The first-order valence-corrected chi connectivity index (χ1v) is 7.21. The predicted octanol–water partition coefficient (Wildman–Crippen LogP) is 2.16. The summed E-state index contributed by atoms with van der Waals surface area (Å²) in [5, 5.41) is 9.18. The number of carboxylic acid groups (broad SMARTS) is 1. The third-order valence-electron chi connectivity index (χ3n) is 2.93. The molecule has 1 aromatic rings. The minimum absolute atomic E-state index is 0.122. The van der Waals surface area contributed by atoms with Crippen LogP contribution in [0.5, 0.6) is 0 Å². The lowest BCUT2D eigenvalue weighted by atomic mass is 10.1. The molecule has 4 nitrogen and oxygen atoms in total. The Labute approximate surface area is 111 Å². The number of aryl methyl sites for hydroxylation is 1. The molecular weight excluding hydrogens is 250 g/mol. The molecule has 1 rings (SSSR count). The summed E-state index contributed by atoms with van der Waals surface area (Å²) >= 11 is 1.72. The van der Waals surface area contributed by atoms with E-state index in [1.54, 1.807) is 30.2 Å². The highest BCUT2D eigenvalue weighted by atomic mass is 32.2. The van der Waals surface area contributed by atoms with Crippen LogP contribution in [0.25, 0.3) is 0 Å². The Bertz CT molecular complexity index is 508. The van der Waals surface area contributed by atoms with Crippen LogP contribution in [0.3, 0.4) is 0 Å². The van der Waals surface area contributed by atoms with Crippen LogP contribution >= 0.6 is 11.8 Å². The molecule has 1 atom stereocenters. The van der Waals surface area contributed by atoms with Crippen molar-refractivity contribution in [3.8, 4) is 0 Å². The second kappa shape index (κ2) is 6.09. The van der Waals surface area contributed by atoms with Crippen LogP contribution in [-0.4, -0.2) is 27.7 Å². The van der Waals surface area contributed by atoms with E-state index in [1.165, 1.54) is 6.07 Å². The van der Waals surface area contributed by atoms with Gasteiger partial charge in [-0.2, -0.15) is 11.8 Å². The Balaban J connectivity index is 3.24. The first kappa shape index (κ1) is 14.8. The fourth-order valence-corrected chi connectivity index (χ4v) is 2.79. The summed E-state index contributed by atoms with van der Waals surface area (Å²) in [5.41, 5.74) is 1.19.